The van der Waals surface area contributed by atoms with Gasteiger partial charge in [-0.1, -0.05) is 42.5 Å². The van der Waals surface area contributed by atoms with Crippen molar-refractivity contribution < 1.29 is 10.0 Å². The van der Waals surface area contributed by atoms with Crippen molar-refractivity contribution in [2.45, 2.75) is 6.17 Å². The molecule has 0 saturated carbocycles. The zero-order valence-electron chi connectivity index (χ0n) is 9.58. The van der Waals surface area contributed by atoms with E-state index in [1.165, 1.54) is 0 Å². The third-order valence-corrected chi connectivity index (χ3v) is 3.02. The van der Waals surface area contributed by atoms with E-state index in [1.54, 1.807) is 12.1 Å². The summed E-state index contributed by atoms with van der Waals surface area (Å²) in [5.74, 6) is -0.391. The van der Waals surface area contributed by atoms with Crippen molar-refractivity contribution in [2.75, 3.05) is 5.32 Å². The molecule has 2 N–H and O–H groups in total. The molecule has 1 amide bonds. The summed E-state index contributed by atoms with van der Waals surface area (Å²) < 4.78 is 0. The van der Waals surface area contributed by atoms with Crippen LogP contribution in [0.4, 0.5) is 5.69 Å². The van der Waals surface area contributed by atoms with Gasteiger partial charge in [0, 0.05) is 5.69 Å². The number of amides is 1. The molecule has 0 aromatic heterocycles. The molecule has 0 spiro atoms. The highest BCUT2D eigenvalue weighted by atomic mass is 16.5. The number of nitrogens with one attached hydrogen (secondary N) is 1. The number of rotatable bonds is 1. The van der Waals surface area contributed by atoms with Crippen molar-refractivity contribution in [3.8, 4) is 0 Å². The molecular weight excluding hydrogens is 228 g/mol. The Hall–Kier alpha value is -2.33. The number of hydrogen-bond donors (Lipinski definition) is 2. The Morgan fingerprint density at radius 1 is 1.00 bits per heavy atom. The summed E-state index contributed by atoms with van der Waals surface area (Å²) in [6.07, 6.45) is -0.548. The van der Waals surface area contributed by atoms with Gasteiger partial charge >= 0.3 is 0 Å². The summed E-state index contributed by atoms with van der Waals surface area (Å²) in [5, 5.41) is 13.8. The Morgan fingerprint density at radius 2 is 1.67 bits per heavy atom. The Morgan fingerprint density at radius 3 is 2.44 bits per heavy atom. The van der Waals surface area contributed by atoms with Gasteiger partial charge in [0.2, 0.25) is 0 Å². The summed E-state index contributed by atoms with van der Waals surface area (Å²) in [6.45, 7) is 0. The van der Waals surface area contributed by atoms with Crippen molar-refractivity contribution in [1.82, 2.24) is 5.06 Å². The highest BCUT2D eigenvalue weighted by molar-refractivity contribution is 6.00. The minimum absolute atomic E-state index is 0.391. The molecule has 2 aromatic rings. The average Bonchev–Trinajstić information content (AvgIpc) is 2.44. The second kappa shape index (κ2) is 4.16. The molecule has 90 valence electrons. The molecule has 2 aromatic carbocycles. The SMILES string of the molecule is O=C1c2ccccc2NC(c2ccccc2)N1O. The van der Waals surface area contributed by atoms with Gasteiger partial charge in [0.25, 0.3) is 5.91 Å². The number of hydroxylamine groups is 2. The monoisotopic (exact) mass is 240 g/mol. The molecule has 1 atom stereocenters. The standard InChI is InChI=1S/C14H12N2O2/c17-14-11-8-4-5-9-12(11)15-13(16(14)18)10-6-2-1-3-7-10/h1-9,13,15,18H. The van der Waals surface area contributed by atoms with E-state index in [2.05, 4.69) is 5.32 Å². The van der Waals surface area contributed by atoms with Crippen molar-refractivity contribution >= 4 is 11.6 Å². The van der Waals surface area contributed by atoms with Crippen LogP contribution in [0.5, 0.6) is 0 Å². The number of hydrogen-bond acceptors (Lipinski definition) is 3. The van der Waals surface area contributed by atoms with E-state index in [9.17, 15) is 10.0 Å². The first-order chi connectivity index (χ1) is 8.77. The van der Waals surface area contributed by atoms with Gasteiger partial charge in [-0.05, 0) is 17.7 Å². The van der Waals surface area contributed by atoms with Crippen LogP contribution in [0, 0.1) is 0 Å². The van der Waals surface area contributed by atoms with Crippen molar-refractivity contribution in [3.05, 3.63) is 65.7 Å². The average molecular weight is 240 g/mol. The molecule has 0 aliphatic carbocycles. The Labute approximate surface area is 104 Å². The molecule has 4 heteroatoms. The lowest BCUT2D eigenvalue weighted by atomic mass is 10.1. The van der Waals surface area contributed by atoms with Crippen LogP contribution in [0.3, 0.4) is 0 Å². The topological polar surface area (TPSA) is 52.6 Å². The Bertz CT molecular complexity index is 583. The lowest BCUT2D eigenvalue weighted by Gasteiger charge is -2.33. The highest BCUT2D eigenvalue weighted by Gasteiger charge is 2.31. The van der Waals surface area contributed by atoms with Crippen LogP contribution in [0.15, 0.2) is 54.6 Å². The minimum atomic E-state index is -0.548. The molecule has 4 nitrogen and oxygen atoms in total. The van der Waals surface area contributed by atoms with Gasteiger partial charge in [-0.15, -0.1) is 0 Å². The Kier molecular flexibility index (Phi) is 2.50. The van der Waals surface area contributed by atoms with Crippen LogP contribution >= 0.6 is 0 Å². The van der Waals surface area contributed by atoms with Crippen LogP contribution in [-0.4, -0.2) is 16.2 Å². The van der Waals surface area contributed by atoms with Gasteiger partial charge in [0.1, 0.15) is 0 Å². The summed E-state index contributed by atoms with van der Waals surface area (Å²) >= 11 is 0. The molecule has 0 saturated heterocycles. The van der Waals surface area contributed by atoms with Crippen LogP contribution in [-0.2, 0) is 0 Å². The first kappa shape index (κ1) is 10.8. The molecule has 1 aliphatic heterocycles. The molecule has 0 fully saturated rings. The van der Waals surface area contributed by atoms with Gasteiger partial charge in [-0.3, -0.25) is 10.0 Å². The van der Waals surface area contributed by atoms with E-state index in [0.717, 1.165) is 16.3 Å². The van der Waals surface area contributed by atoms with Crippen LogP contribution < -0.4 is 5.32 Å². The molecule has 0 bridgehead atoms. The van der Waals surface area contributed by atoms with Gasteiger partial charge in [-0.2, -0.15) is 5.06 Å². The maximum absolute atomic E-state index is 12.0. The fourth-order valence-corrected chi connectivity index (χ4v) is 2.10. The van der Waals surface area contributed by atoms with Crippen molar-refractivity contribution in [2.24, 2.45) is 0 Å². The largest absolute Gasteiger partial charge is 0.359 e. The summed E-state index contributed by atoms with van der Waals surface area (Å²) in [7, 11) is 0. The predicted octanol–water partition coefficient (Wildman–Crippen LogP) is 2.64. The molecule has 1 heterocycles. The second-order valence-corrected chi connectivity index (χ2v) is 4.15. The van der Waals surface area contributed by atoms with Gasteiger partial charge in [0.05, 0.1) is 5.56 Å². The maximum Gasteiger partial charge on any atom is 0.281 e. The number of carbonyl (C=O) groups excluding carboxylic acids is 1. The van der Waals surface area contributed by atoms with Crippen LogP contribution in [0.1, 0.15) is 22.1 Å². The Balaban J connectivity index is 2.04. The van der Waals surface area contributed by atoms with E-state index < -0.39 is 12.1 Å². The molecule has 1 aliphatic rings. The number of fused-ring (bicyclic) bond motifs is 1. The molecule has 18 heavy (non-hydrogen) atoms. The summed E-state index contributed by atoms with van der Waals surface area (Å²) in [4.78, 5) is 12.0. The number of nitrogens with zero attached hydrogens (tertiary/aromatic N) is 1. The van der Waals surface area contributed by atoms with E-state index in [0.29, 0.717) is 5.56 Å². The quantitative estimate of drug-likeness (QED) is 0.753. The first-order valence-electron chi connectivity index (χ1n) is 5.70. The molecular formula is C14H12N2O2. The van der Waals surface area contributed by atoms with E-state index in [4.69, 9.17) is 0 Å². The molecule has 3 rings (SSSR count). The van der Waals surface area contributed by atoms with E-state index in [1.807, 2.05) is 42.5 Å². The smallest absolute Gasteiger partial charge is 0.281 e. The highest BCUT2D eigenvalue weighted by Crippen LogP contribution is 2.31. The van der Waals surface area contributed by atoms with E-state index in [-0.39, 0.29) is 0 Å². The fraction of sp³-hybridized carbons (Fsp3) is 0.0714. The van der Waals surface area contributed by atoms with Gasteiger partial charge in [-0.25, -0.2) is 0 Å². The normalized spacial score (nSPS) is 18.2. The summed E-state index contributed by atoms with van der Waals surface area (Å²) in [5.41, 5.74) is 2.05. The number of benzene rings is 2. The van der Waals surface area contributed by atoms with Gasteiger partial charge < -0.3 is 5.32 Å². The van der Waals surface area contributed by atoms with Crippen molar-refractivity contribution in [1.29, 1.82) is 0 Å². The third-order valence-electron chi connectivity index (χ3n) is 3.02. The predicted molar refractivity (Wildman–Crippen MR) is 67.2 cm³/mol. The summed E-state index contributed by atoms with van der Waals surface area (Å²) in [6, 6.07) is 16.5. The number of para-hydroxylation sites is 1. The fourth-order valence-electron chi connectivity index (χ4n) is 2.10. The maximum atomic E-state index is 12.0. The van der Waals surface area contributed by atoms with E-state index >= 15 is 0 Å². The molecule has 0 radical (unpaired) electrons. The zero-order chi connectivity index (χ0) is 12.5. The lowest BCUT2D eigenvalue weighted by Crippen LogP contribution is -2.40. The first-order valence-corrected chi connectivity index (χ1v) is 5.70. The van der Waals surface area contributed by atoms with Crippen LogP contribution in [0.25, 0.3) is 0 Å². The second-order valence-electron chi connectivity index (χ2n) is 4.15. The lowest BCUT2D eigenvalue weighted by molar-refractivity contribution is -0.0851. The zero-order valence-corrected chi connectivity index (χ0v) is 9.58. The molecule has 1 unspecified atom stereocenters. The number of carbonyl (C=O) groups is 1. The third kappa shape index (κ3) is 1.63. The van der Waals surface area contributed by atoms with Gasteiger partial charge in [0.15, 0.2) is 6.17 Å². The minimum Gasteiger partial charge on any atom is -0.359 e. The van der Waals surface area contributed by atoms with Crippen LogP contribution in [0.2, 0.25) is 0 Å². The number of anilines is 1. The van der Waals surface area contributed by atoms with Crippen molar-refractivity contribution in [3.63, 3.8) is 0 Å².